The fraction of sp³-hybridized carbons (Fsp3) is 0.200. The third-order valence-corrected chi connectivity index (χ3v) is 4.62. The molecule has 3 rings (SSSR count). The van der Waals surface area contributed by atoms with Crippen molar-refractivity contribution < 1.29 is 4.42 Å². The summed E-state index contributed by atoms with van der Waals surface area (Å²) in [6.07, 6.45) is 0. The lowest BCUT2D eigenvalue weighted by molar-refractivity contribution is 0.531. The molecule has 0 fully saturated rings. The second-order valence-electron chi connectivity index (χ2n) is 4.88. The number of aryl methyl sites for hydroxylation is 2. The van der Waals surface area contributed by atoms with Crippen LogP contribution in [0.2, 0.25) is 5.02 Å². The monoisotopic (exact) mass is 366 g/mol. The standard InChI is InChI=1S/C15H12BrClN2O2/c1-8-12-9(2)19(7-10-4-3-5-11(17)6-10)18-14(12)21-15(20)13(8)16/h3-6H,7H2,1-2H3. The van der Waals surface area contributed by atoms with Gasteiger partial charge >= 0.3 is 5.63 Å². The minimum absolute atomic E-state index is 0.361. The van der Waals surface area contributed by atoms with Crippen molar-refractivity contribution >= 4 is 38.6 Å². The summed E-state index contributed by atoms with van der Waals surface area (Å²) in [7, 11) is 0. The Morgan fingerprint density at radius 2 is 2.14 bits per heavy atom. The Kier molecular flexibility index (Phi) is 3.63. The van der Waals surface area contributed by atoms with E-state index in [1.165, 1.54) is 0 Å². The Labute approximate surface area is 134 Å². The van der Waals surface area contributed by atoms with Gasteiger partial charge in [0.05, 0.1) is 11.9 Å². The highest BCUT2D eigenvalue weighted by Crippen LogP contribution is 2.25. The number of aromatic nitrogens is 2. The van der Waals surface area contributed by atoms with Crippen molar-refractivity contribution in [1.29, 1.82) is 0 Å². The first-order valence-corrected chi connectivity index (χ1v) is 7.55. The van der Waals surface area contributed by atoms with E-state index in [1.807, 2.05) is 42.8 Å². The molecule has 2 heterocycles. The van der Waals surface area contributed by atoms with E-state index in [4.69, 9.17) is 16.0 Å². The zero-order valence-electron chi connectivity index (χ0n) is 11.5. The van der Waals surface area contributed by atoms with Crippen molar-refractivity contribution in [2.45, 2.75) is 20.4 Å². The summed E-state index contributed by atoms with van der Waals surface area (Å²) >= 11 is 9.26. The Morgan fingerprint density at radius 3 is 2.86 bits per heavy atom. The van der Waals surface area contributed by atoms with Gasteiger partial charge in [-0.3, -0.25) is 4.68 Å². The molecular weight excluding hydrogens is 356 g/mol. The number of benzene rings is 1. The largest absolute Gasteiger partial charge is 0.401 e. The fourth-order valence-corrected chi connectivity index (χ4v) is 2.87. The molecule has 0 bridgehead atoms. The fourth-order valence-electron chi connectivity index (χ4n) is 2.38. The summed E-state index contributed by atoms with van der Waals surface area (Å²) in [5.41, 5.74) is 2.79. The van der Waals surface area contributed by atoms with E-state index in [1.54, 1.807) is 0 Å². The van der Waals surface area contributed by atoms with Crippen LogP contribution in [0.15, 0.2) is 37.9 Å². The maximum absolute atomic E-state index is 11.7. The minimum Gasteiger partial charge on any atom is -0.401 e. The molecular formula is C15H12BrClN2O2. The zero-order valence-corrected chi connectivity index (χ0v) is 13.8. The quantitative estimate of drug-likeness (QED) is 0.686. The van der Waals surface area contributed by atoms with E-state index in [2.05, 4.69) is 21.0 Å². The summed E-state index contributed by atoms with van der Waals surface area (Å²) in [4.78, 5) is 11.7. The van der Waals surface area contributed by atoms with Gasteiger partial charge in [0.1, 0.15) is 4.47 Å². The SMILES string of the molecule is Cc1c(Br)c(=O)oc2nn(Cc3cccc(Cl)c3)c(C)c12. The van der Waals surface area contributed by atoms with E-state index >= 15 is 0 Å². The van der Waals surface area contributed by atoms with E-state index in [-0.39, 0.29) is 0 Å². The van der Waals surface area contributed by atoms with Gasteiger partial charge in [-0.15, -0.1) is 5.10 Å². The molecule has 4 nitrogen and oxygen atoms in total. The van der Waals surface area contributed by atoms with Crippen LogP contribution in [0.4, 0.5) is 0 Å². The number of halogens is 2. The Morgan fingerprint density at radius 1 is 1.38 bits per heavy atom. The number of nitrogens with zero attached hydrogens (tertiary/aromatic N) is 2. The van der Waals surface area contributed by atoms with E-state index in [9.17, 15) is 4.79 Å². The van der Waals surface area contributed by atoms with Gasteiger partial charge in [-0.1, -0.05) is 23.7 Å². The van der Waals surface area contributed by atoms with E-state index in [0.29, 0.717) is 21.8 Å². The molecule has 0 saturated carbocycles. The smallest absolute Gasteiger partial charge is 0.352 e. The Bertz CT molecular complexity index is 899. The molecule has 21 heavy (non-hydrogen) atoms. The molecule has 0 amide bonds. The molecule has 0 spiro atoms. The average molecular weight is 368 g/mol. The summed E-state index contributed by atoms with van der Waals surface area (Å²) in [6, 6.07) is 7.61. The van der Waals surface area contributed by atoms with Gasteiger partial charge in [0, 0.05) is 10.7 Å². The summed E-state index contributed by atoms with van der Waals surface area (Å²) in [6.45, 7) is 4.41. The lowest BCUT2D eigenvalue weighted by Crippen LogP contribution is -2.03. The molecule has 0 aliphatic heterocycles. The van der Waals surface area contributed by atoms with Gasteiger partial charge in [-0.05, 0) is 53.0 Å². The zero-order chi connectivity index (χ0) is 15.1. The predicted molar refractivity (Wildman–Crippen MR) is 86.0 cm³/mol. The van der Waals surface area contributed by atoms with Crippen LogP contribution in [-0.2, 0) is 6.54 Å². The Balaban J connectivity index is 2.14. The lowest BCUT2D eigenvalue weighted by atomic mass is 10.2. The first-order valence-electron chi connectivity index (χ1n) is 6.38. The molecule has 1 aromatic carbocycles. The maximum Gasteiger partial charge on any atom is 0.352 e. The molecule has 0 aliphatic rings. The van der Waals surface area contributed by atoms with Crippen LogP contribution in [0.3, 0.4) is 0 Å². The summed E-state index contributed by atoms with van der Waals surface area (Å²) in [5.74, 6) is 0. The van der Waals surface area contributed by atoms with Crippen LogP contribution in [0.1, 0.15) is 16.8 Å². The molecule has 2 aromatic heterocycles. The predicted octanol–water partition coefficient (Wildman–Crippen LogP) is 4.07. The molecule has 3 aromatic rings. The maximum atomic E-state index is 11.7. The van der Waals surface area contributed by atoms with Crippen LogP contribution in [0, 0.1) is 13.8 Å². The van der Waals surface area contributed by atoms with Crippen molar-refractivity contribution in [3.8, 4) is 0 Å². The molecule has 0 saturated heterocycles. The molecule has 0 N–H and O–H groups in total. The molecule has 0 aliphatic carbocycles. The van der Waals surface area contributed by atoms with Crippen molar-refractivity contribution in [3.63, 3.8) is 0 Å². The van der Waals surface area contributed by atoms with Crippen molar-refractivity contribution in [2.24, 2.45) is 0 Å². The van der Waals surface area contributed by atoms with Gasteiger partial charge in [-0.2, -0.15) is 0 Å². The summed E-state index contributed by atoms with van der Waals surface area (Å²) < 4.78 is 7.50. The number of hydrogen-bond acceptors (Lipinski definition) is 3. The molecule has 0 unspecified atom stereocenters. The van der Waals surface area contributed by atoms with Gasteiger partial charge in [0.2, 0.25) is 5.71 Å². The van der Waals surface area contributed by atoms with Crippen LogP contribution < -0.4 is 5.63 Å². The highest BCUT2D eigenvalue weighted by Gasteiger charge is 2.16. The highest BCUT2D eigenvalue weighted by atomic mass is 79.9. The van der Waals surface area contributed by atoms with Crippen LogP contribution in [0.25, 0.3) is 11.1 Å². The molecule has 0 atom stereocenters. The van der Waals surface area contributed by atoms with Gasteiger partial charge in [0.25, 0.3) is 0 Å². The number of hydrogen-bond donors (Lipinski definition) is 0. The van der Waals surface area contributed by atoms with Gasteiger partial charge < -0.3 is 4.42 Å². The van der Waals surface area contributed by atoms with Crippen molar-refractivity contribution in [2.75, 3.05) is 0 Å². The van der Waals surface area contributed by atoms with E-state index < -0.39 is 5.63 Å². The highest BCUT2D eigenvalue weighted by molar-refractivity contribution is 9.10. The van der Waals surface area contributed by atoms with Crippen molar-refractivity contribution in [1.82, 2.24) is 9.78 Å². The average Bonchev–Trinajstić information content (AvgIpc) is 2.73. The first-order chi connectivity index (χ1) is 9.97. The lowest BCUT2D eigenvalue weighted by Gasteiger charge is -2.05. The van der Waals surface area contributed by atoms with Gasteiger partial charge in [-0.25, -0.2) is 4.79 Å². The van der Waals surface area contributed by atoms with Gasteiger partial charge in [0.15, 0.2) is 0 Å². The number of rotatable bonds is 2. The molecule has 108 valence electrons. The second-order valence-corrected chi connectivity index (χ2v) is 6.11. The number of fused-ring (bicyclic) bond motifs is 1. The third kappa shape index (κ3) is 2.51. The first kappa shape index (κ1) is 14.4. The molecule has 0 radical (unpaired) electrons. The minimum atomic E-state index is -0.410. The summed E-state index contributed by atoms with van der Waals surface area (Å²) in [5, 5.41) is 5.94. The van der Waals surface area contributed by atoms with E-state index in [0.717, 1.165) is 22.2 Å². The second kappa shape index (κ2) is 5.31. The Hall–Kier alpha value is -1.59. The topological polar surface area (TPSA) is 48.0 Å². The molecule has 6 heteroatoms. The van der Waals surface area contributed by atoms with Crippen LogP contribution in [0.5, 0.6) is 0 Å². The van der Waals surface area contributed by atoms with Crippen LogP contribution >= 0.6 is 27.5 Å². The van der Waals surface area contributed by atoms with Crippen molar-refractivity contribution in [3.05, 3.63) is 61.0 Å². The normalized spacial score (nSPS) is 11.2. The van der Waals surface area contributed by atoms with Crippen LogP contribution in [-0.4, -0.2) is 9.78 Å². The third-order valence-electron chi connectivity index (χ3n) is 3.47.